The van der Waals surface area contributed by atoms with Crippen LogP contribution in [0.3, 0.4) is 0 Å². The Morgan fingerprint density at radius 2 is 1.74 bits per heavy atom. The van der Waals surface area contributed by atoms with Crippen molar-refractivity contribution in [2.75, 3.05) is 5.32 Å². The average Bonchev–Trinajstić information content (AvgIpc) is 3.68. The predicted molar refractivity (Wildman–Crippen MR) is 129 cm³/mol. The van der Waals surface area contributed by atoms with Crippen LogP contribution in [-0.2, 0) is 6.54 Å². The lowest BCUT2D eigenvalue weighted by atomic mass is 10.1. The number of nitrogens with one attached hydrogen (secondary N) is 2. The smallest absolute Gasteiger partial charge is 0.259 e. The lowest BCUT2D eigenvalue weighted by Crippen LogP contribution is -2.31. The van der Waals surface area contributed by atoms with Crippen molar-refractivity contribution in [2.24, 2.45) is 0 Å². The van der Waals surface area contributed by atoms with Gasteiger partial charge in [-0.15, -0.1) is 0 Å². The number of aromatic nitrogens is 4. The second-order valence-corrected chi connectivity index (χ2v) is 7.85. The molecule has 5 rings (SSSR count). The third-order valence-electron chi connectivity index (χ3n) is 5.45. The molecule has 0 bridgehead atoms. The Balaban J connectivity index is 1.27. The molecule has 1 atom stereocenters. The number of rotatable bonds is 8. The molecule has 0 aliphatic rings. The Bertz CT molecular complexity index is 1390. The molecule has 9 heteroatoms. The van der Waals surface area contributed by atoms with Crippen LogP contribution in [0.5, 0.6) is 0 Å². The minimum Gasteiger partial charge on any atom is -0.472 e. The predicted octanol–water partition coefficient (Wildman–Crippen LogP) is 4.09. The number of anilines is 1. The van der Waals surface area contributed by atoms with Gasteiger partial charge in [-0.2, -0.15) is 10.2 Å². The maximum Gasteiger partial charge on any atom is 0.259 e. The highest BCUT2D eigenvalue weighted by molar-refractivity contribution is 6.03. The highest BCUT2D eigenvalue weighted by Gasteiger charge is 2.17. The SMILES string of the molecule is O=C(Nc1cnn(-c2ccc(C(=O)N[C@H](Cn3cccn3)c3ccccc3)cc2)c1)c1ccoc1. The molecular weight excluding hydrogens is 444 g/mol. The van der Waals surface area contributed by atoms with Crippen molar-refractivity contribution >= 4 is 17.5 Å². The molecule has 35 heavy (non-hydrogen) atoms. The fraction of sp³-hybridized carbons (Fsp3) is 0.0769. The Hall–Kier alpha value is -4.92. The van der Waals surface area contributed by atoms with E-state index in [2.05, 4.69) is 20.8 Å². The minimum atomic E-state index is -0.284. The van der Waals surface area contributed by atoms with E-state index in [-0.39, 0.29) is 17.9 Å². The first-order valence-electron chi connectivity index (χ1n) is 11.0. The topological polar surface area (TPSA) is 107 Å². The van der Waals surface area contributed by atoms with Crippen LogP contribution in [0.1, 0.15) is 32.3 Å². The molecule has 2 amide bonds. The number of hydrogen-bond acceptors (Lipinski definition) is 5. The van der Waals surface area contributed by atoms with Crippen molar-refractivity contribution in [1.82, 2.24) is 24.9 Å². The van der Waals surface area contributed by atoms with Gasteiger partial charge in [-0.1, -0.05) is 30.3 Å². The van der Waals surface area contributed by atoms with Gasteiger partial charge in [0.25, 0.3) is 11.8 Å². The Morgan fingerprint density at radius 3 is 2.46 bits per heavy atom. The highest BCUT2D eigenvalue weighted by Crippen LogP contribution is 2.18. The first kappa shape index (κ1) is 21.9. The first-order valence-corrected chi connectivity index (χ1v) is 11.0. The second-order valence-electron chi connectivity index (χ2n) is 7.85. The summed E-state index contributed by atoms with van der Waals surface area (Å²) in [6.45, 7) is 0.515. The standard InChI is InChI=1S/C26H22N6O3/c33-25(30-24(17-31-13-4-12-27-31)19-5-2-1-3-6-19)20-7-9-23(10-8-20)32-16-22(15-28-32)29-26(34)21-11-14-35-18-21/h1-16,18,24H,17H2,(H,29,34)(H,30,33)/t24-/m1/s1. The molecule has 174 valence electrons. The third kappa shape index (κ3) is 5.19. The molecular formula is C26H22N6O3. The zero-order valence-electron chi connectivity index (χ0n) is 18.6. The largest absolute Gasteiger partial charge is 0.472 e. The van der Waals surface area contributed by atoms with Crippen LogP contribution in [0, 0.1) is 0 Å². The molecule has 2 N–H and O–H groups in total. The molecule has 9 nitrogen and oxygen atoms in total. The number of amides is 2. The fourth-order valence-electron chi connectivity index (χ4n) is 3.65. The Kier molecular flexibility index (Phi) is 6.21. The van der Waals surface area contributed by atoms with Crippen LogP contribution in [0.4, 0.5) is 5.69 Å². The van der Waals surface area contributed by atoms with Crippen molar-refractivity contribution < 1.29 is 14.0 Å². The number of furan rings is 1. The van der Waals surface area contributed by atoms with E-state index in [0.717, 1.165) is 11.3 Å². The van der Waals surface area contributed by atoms with Crippen LogP contribution in [0.25, 0.3) is 5.69 Å². The van der Waals surface area contributed by atoms with Gasteiger partial charge < -0.3 is 15.1 Å². The molecule has 2 aromatic carbocycles. The van der Waals surface area contributed by atoms with Crippen LogP contribution >= 0.6 is 0 Å². The van der Waals surface area contributed by atoms with Gasteiger partial charge in [0.05, 0.1) is 48.2 Å². The van der Waals surface area contributed by atoms with Crippen molar-refractivity contribution in [3.63, 3.8) is 0 Å². The maximum atomic E-state index is 13.0. The number of nitrogens with zero attached hydrogens (tertiary/aromatic N) is 4. The van der Waals surface area contributed by atoms with Crippen molar-refractivity contribution in [2.45, 2.75) is 12.6 Å². The molecule has 0 saturated heterocycles. The monoisotopic (exact) mass is 466 g/mol. The van der Waals surface area contributed by atoms with Gasteiger partial charge >= 0.3 is 0 Å². The van der Waals surface area contributed by atoms with Gasteiger partial charge in [-0.3, -0.25) is 14.3 Å². The van der Waals surface area contributed by atoms with E-state index >= 15 is 0 Å². The van der Waals surface area contributed by atoms with Crippen LogP contribution in [0.2, 0.25) is 0 Å². The molecule has 3 heterocycles. The van der Waals surface area contributed by atoms with E-state index in [1.54, 1.807) is 58.3 Å². The quantitative estimate of drug-likeness (QED) is 0.358. The number of benzene rings is 2. The maximum absolute atomic E-state index is 13.0. The summed E-state index contributed by atoms with van der Waals surface area (Å²) in [7, 11) is 0. The average molecular weight is 467 g/mol. The summed E-state index contributed by atoms with van der Waals surface area (Å²) < 4.78 is 8.35. The normalized spacial score (nSPS) is 11.7. The molecule has 0 unspecified atom stereocenters. The van der Waals surface area contributed by atoms with Crippen LogP contribution in [0.15, 0.2) is 108 Å². The third-order valence-corrected chi connectivity index (χ3v) is 5.45. The van der Waals surface area contributed by atoms with Crippen LogP contribution in [-0.4, -0.2) is 31.4 Å². The molecule has 5 aromatic rings. The van der Waals surface area contributed by atoms with E-state index in [1.807, 2.05) is 42.6 Å². The fourth-order valence-corrected chi connectivity index (χ4v) is 3.65. The number of carbonyl (C=O) groups excluding carboxylic acids is 2. The molecule has 0 saturated carbocycles. The summed E-state index contributed by atoms with van der Waals surface area (Å²) >= 11 is 0. The van der Waals surface area contributed by atoms with Crippen molar-refractivity contribution in [3.05, 3.63) is 121 Å². The molecule has 0 spiro atoms. The summed E-state index contributed by atoms with van der Waals surface area (Å²) in [6.07, 6.45) is 9.65. The summed E-state index contributed by atoms with van der Waals surface area (Å²) in [4.78, 5) is 25.2. The Labute approximate surface area is 201 Å². The summed E-state index contributed by atoms with van der Waals surface area (Å²) in [6, 6.07) is 20.1. The van der Waals surface area contributed by atoms with Gasteiger partial charge in [-0.05, 0) is 42.0 Å². The van der Waals surface area contributed by atoms with E-state index in [1.165, 1.54) is 12.5 Å². The van der Waals surface area contributed by atoms with E-state index in [9.17, 15) is 9.59 Å². The molecule has 0 aliphatic heterocycles. The second kappa shape index (κ2) is 9.92. The van der Waals surface area contributed by atoms with Gasteiger partial charge in [0, 0.05) is 18.0 Å². The lowest BCUT2D eigenvalue weighted by molar-refractivity contribution is 0.0931. The number of hydrogen-bond donors (Lipinski definition) is 2. The van der Waals surface area contributed by atoms with Crippen molar-refractivity contribution in [1.29, 1.82) is 0 Å². The Morgan fingerprint density at radius 1 is 0.914 bits per heavy atom. The highest BCUT2D eigenvalue weighted by atomic mass is 16.3. The van der Waals surface area contributed by atoms with E-state index in [4.69, 9.17) is 4.42 Å². The van der Waals surface area contributed by atoms with Gasteiger partial charge in [-0.25, -0.2) is 4.68 Å². The number of carbonyl (C=O) groups is 2. The van der Waals surface area contributed by atoms with Gasteiger partial charge in [0.1, 0.15) is 6.26 Å². The molecule has 3 aromatic heterocycles. The lowest BCUT2D eigenvalue weighted by Gasteiger charge is -2.19. The minimum absolute atomic E-state index is 0.189. The first-order chi connectivity index (χ1) is 17.2. The molecule has 0 radical (unpaired) electrons. The van der Waals surface area contributed by atoms with Crippen LogP contribution < -0.4 is 10.6 Å². The van der Waals surface area contributed by atoms with Gasteiger partial charge in [0.2, 0.25) is 0 Å². The summed E-state index contributed by atoms with van der Waals surface area (Å²) in [5.74, 6) is -0.473. The van der Waals surface area contributed by atoms with Crippen molar-refractivity contribution in [3.8, 4) is 5.69 Å². The summed E-state index contributed by atoms with van der Waals surface area (Å²) in [5.41, 5.74) is 3.24. The molecule has 0 fully saturated rings. The van der Waals surface area contributed by atoms with E-state index in [0.29, 0.717) is 23.4 Å². The zero-order chi connectivity index (χ0) is 24.0. The molecule has 0 aliphatic carbocycles. The van der Waals surface area contributed by atoms with E-state index < -0.39 is 0 Å². The summed E-state index contributed by atoms with van der Waals surface area (Å²) in [5, 5.41) is 14.4. The van der Waals surface area contributed by atoms with Gasteiger partial charge in [0.15, 0.2) is 0 Å². The zero-order valence-corrected chi connectivity index (χ0v) is 18.6.